The number of anilines is 2. The number of benzene rings is 1. The number of fused-ring (bicyclic) bond motifs is 1. The van der Waals surface area contributed by atoms with Crippen molar-refractivity contribution in [3.8, 4) is 11.3 Å². The fourth-order valence-corrected chi connectivity index (χ4v) is 5.16. The number of hydrogen-bond donors (Lipinski definition) is 2. The van der Waals surface area contributed by atoms with Gasteiger partial charge in [-0.15, -0.1) is 11.3 Å². The number of rotatable bonds is 5. The lowest BCUT2D eigenvalue weighted by Gasteiger charge is -2.24. The van der Waals surface area contributed by atoms with Crippen LogP contribution in [0.1, 0.15) is 25.6 Å². The molecule has 0 spiro atoms. The van der Waals surface area contributed by atoms with Crippen LogP contribution >= 0.6 is 11.3 Å². The third-order valence-electron chi connectivity index (χ3n) is 6.33. The summed E-state index contributed by atoms with van der Waals surface area (Å²) in [7, 11) is 2.89. The maximum atomic E-state index is 14.8. The normalized spacial score (nSPS) is 15.8. The highest BCUT2D eigenvalue weighted by molar-refractivity contribution is 7.14. The van der Waals surface area contributed by atoms with E-state index >= 15 is 0 Å². The Hall–Kier alpha value is -3.80. The van der Waals surface area contributed by atoms with Crippen molar-refractivity contribution in [2.75, 3.05) is 16.8 Å². The number of carbonyl (C=O) groups is 1. The number of hydrogen-bond acceptors (Lipinski definition) is 7. The number of aromatic amines is 1. The Bertz CT molecular complexity index is 1570. The summed E-state index contributed by atoms with van der Waals surface area (Å²) in [6, 6.07) is 5.41. The molecule has 0 saturated carbocycles. The smallest absolute Gasteiger partial charge is 0.332 e. The first-order chi connectivity index (χ1) is 16.7. The van der Waals surface area contributed by atoms with Crippen molar-refractivity contribution in [1.29, 1.82) is 0 Å². The lowest BCUT2D eigenvalue weighted by atomic mass is 10.1. The Morgan fingerprint density at radius 3 is 2.77 bits per heavy atom. The predicted molar refractivity (Wildman–Crippen MR) is 132 cm³/mol. The van der Waals surface area contributed by atoms with Crippen LogP contribution in [-0.4, -0.2) is 42.6 Å². The first kappa shape index (κ1) is 23.0. The summed E-state index contributed by atoms with van der Waals surface area (Å²) in [5.41, 5.74) is 1.12. The van der Waals surface area contributed by atoms with Gasteiger partial charge in [-0.05, 0) is 31.9 Å². The zero-order valence-corrected chi connectivity index (χ0v) is 20.3. The summed E-state index contributed by atoms with van der Waals surface area (Å²) in [4.78, 5) is 50.5. The molecule has 1 aromatic carbocycles. The van der Waals surface area contributed by atoms with Crippen molar-refractivity contribution < 1.29 is 9.18 Å². The van der Waals surface area contributed by atoms with Crippen molar-refractivity contribution in [3.05, 3.63) is 56.1 Å². The molecule has 10 nitrogen and oxygen atoms in total. The number of nitrogens with zero attached hydrogens (tertiary/aromatic N) is 5. The Morgan fingerprint density at radius 1 is 1.26 bits per heavy atom. The van der Waals surface area contributed by atoms with Gasteiger partial charge in [-0.25, -0.2) is 19.2 Å². The number of halogens is 1. The molecule has 1 unspecified atom stereocenters. The lowest BCUT2D eigenvalue weighted by molar-refractivity contribution is -0.115. The average Bonchev–Trinajstić information content (AvgIpc) is 3.56. The summed E-state index contributed by atoms with van der Waals surface area (Å²) in [6.07, 6.45) is 1.97. The molecular weight excluding hydrogens is 473 g/mol. The first-order valence-electron chi connectivity index (χ1n) is 11.2. The molecule has 1 aliphatic rings. The van der Waals surface area contributed by atoms with Crippen molar-refractivity contribution in [1.82, 2.24) is 24.1 Å². The molecule has 4 heterocycles. The highest BCUT2D eigenvalue weighted by Crippen LogP contribution is 2.32. The molecule has 3 aromatic heterocycles. The van der Waals surface area contributed by atoms with Crippen molar-refractivity contribution >= 4 is 39.2 Å². The molecule has 4 aromatic rings. The van der Waals surface area contributed by atoms with E-state index in [2.05, 4.69) is 32.1 Å². The third-order valence-corrected chi connectivity index (χ3v) is 7.09. The molecule has 182 valence electrons. The molecule has 1 aliphatic heterocycles. The second-order valence-electron chi connectivity index (χ2n) is 8.70. The third kappa shape index (κ3) is 4.14. The minimum Gasteiger partial charge on any atom is -0.366 e. The van der Waals surface area contributed by atoms with Crippen LogP contribution in [0.4, 0.5) is 15.2 Å². The van der Waals surface area contributed by atoms with E-state index in [0.717, 1.165) is 24.0 Å². The fraction of sp³-hybridized carbons (Fsp3) is 0.348. The molecule has 1 atom stereocenters. The van der Waals surface area contributed by atoms with Crippen LogP contribution in [0.3, 0.4) is 0 Å². The number of thiazole rings is 1. The minimum absolute atomic E-state index is 0.141. The van der Waals surface area contributed by atoms with Crippen LogP contribution < -0.4 is 21.5 Å². The van der Waals surface area contributed by atoms with E-state index in [9.17, 15) is 18.8 Å². The molecule has 0 bridgehead atoms. The number of aromatic nitrogens is 5. The fourth-order valence-electron chi connectivity index (χ4n) is 4.43. The number of amides is 1. The van der Waals surface area contributed by atoms with Gasteiger partial charge >= 0.3 is 5.69 Å². The average molecular weight is 498 g/mol. The topological polar surface area (TPSA) is 118 Å². The Morgan fingerprint density at radius 2 is 2.06 bits per heavy atom. The zero-order valence-electron chi connectivity index (χ0n) is 19.5. The van der Waals surface area contributed by atoms with Crippen molar-refractivity contribution in [2.24, 2.45) is 14.1 Å². The van der Waals surface area contributed by atoms with Crippen molar-refractivity contribution in [2.45, 2.75) is 32.2 Å². The summed E-state index contributed by atoms with van der Waals surface area (Å²) in [5.74, 6) is -0.432. The molecule has 0 aliphatic carbocycles. The number of H-pyrrole nitrogens is 1. The standard InChI is InChI=1S/C23H24FN7O3S/c1-12-5-4-8-31(12)16-7-6-13(9-14(16)24)15-11-35-22(25-15)28-18(32)10-17-26-19-20(27-17)29(2)23(34)30(3)21(19)33/h6-7,9,11-12H,4-5,8,10H2,1-3H3,(H,26,27)(H,25,28,32). The second kappa shape index (κ2) is 8.77. The van der Waals surface area contributed by atoms with Gasteiger partial charge in [0.05, 0.1) is 17.8 Å². The van der Waals surface area contributed by atoms with Crippen LogP contribution in [0.5, 0.6) is 0 Å². The Kier molecular flexibility index (Phi) is 5.75. The van der Waals surface area contributed by atoms with Gasteiger partial charge < -0.3 is 15.2 Å². The molecule has 12 heteroatoms. The Labute approximate surface area is 203 Å². The summed E-state index contributed by atoms with van der Waals surface area (Å²) < 4.78 is 17.0. The molecule has 5 rings (SSSR count). The summed E-state index contributed by atoms with van der Waals surface area (Å²) in [5, 5.41) is 4.82. The summed E-state index contributed by atoms with van der Waals surface area (Å²) in [6.45, 7) is 2.95. The van der Waals surface area contributed by atoms with Gasteiger partial charge in [0.1, 0.15) is 17.2 Å². The number of aryl methyl sites for hydroxylation is 1. The highest BCUT2D eigenvalue weighted by Gasteiger charge is 2.23. The van der Waals surface area contributed by atoms with Gasteiger partial charge in [0.15, 0.2) is 10.8 Å². The molecule has 2 N–H and O–H groups in total. The largest absolute Gasteiger partial charge is 0.366 e. The number of carbonyl (C=O) groups excluding carboxylic acids is 1. The van der Waals surface area contributed by atoms with E-state index < -0.39 is 17.2 Å². The van der Waals surface area contributed by atoms with E-state index in [4.69, 9.17) is 0 Å². The van der Waals surface area contributed by atoms with Crippen LogP contribution in [-0.2, 0) is 25.3 Å². The molecule has 35 heavy (non-hydrogen) atoms. The van der Waals surface area contributed by atoms with E-state index in [0.29, 0.717) is 28.1 Å². The van der Waals surface area contributed by atoms with Crippen LogP contribution in [0, 0.1) is 5.82 Å². The lowest BCUT2D eigenvalue weighted by Crippen LogP contribution is -2.36. The molecule has 1 saturated heterocycles. The zero-order chi connectivity index (χ0) is 24.9. The van der Waals surface area contributed by atoms with Crippen LogP contribution in [0.2, 0.25) is 0 Å². The van der Waals surface area contributed by atoms with Gasteiger partial charge in [-0.1, -0.05) is 6.07 Å². The highest BCUT2D eigenvalue weighted by atomic mass is 32.1. The van der Waals surface area contributed by atoms with Gasteiger partial charge in [-0.2, -0.15) is 0 Å². The number of imidazole rings is 1. The van der Waals surface area contributed by atoms with Gasteiger partial charge in [0.25, 0.3) is 5.56 Å². The maximum absolute atomic E-state index is 14.8. The molecule has 0 radical (unpaired) electrons. The van der Waals surface area contributed by atoms with Gasteiger partial charge in [0, 0.05) is 37.6 Å². The second-order valence-corrected chi connectivity index (χ2v) is 9.56. The minimum atomic E-state index is -0.510. The quantitative estimate of drug-likeness (QED) is 0.437. The number of nitrogens with one attached hydrogen (secondary N) is 2. The molecular formula is C23H24FN7O3S. The van der Waals surface area contributed by atoms with Gasteiger partial charge in [-0.3, -0.25) is 18.7 Å². The van der Waals surface area contributed by atoms with E-state index in [1.807, 2.05) is 6.07 Å². The van der Waals surface area contributed by atoms with Crippen LogP contribution in [0.25, 0.3) is 22.4 Å². The van der Waals surface area contributed by atoms with Crippen LogP contribution in [0.15, 0.2) is 33.2 Å². The SMILES string of the molecule is CC1CCCN1c1ccc(-c2csc(NC(=O)Cc3nc4c([nH]3)c(=O)n(C)c(=O)n4C)n2)cc1F. The molecule has 1 amide bonds. The van der Waals surface area contributed by atoms with E-state index in [-0.39, 0.29) is 29.2 Å². The monoisotopic (exact) mass is 497 g/mol. The van der Waals surface area contributed by atoms with E-state index in [1.165, 1.54) is 36.1 Å². The predicted octanol–water partition coefficient (Wildman–Crippen LogP) is 2.39. The van der Waals surface area contributed by atoms with Gasteiger partial charge in [0.2, 0.25) is 5.91 Å². The first-order valence-corrected chi connectivity index (χ1v) is 12.1. The maximum Gasteiger partial charge on any atom is 0.332 e. The van der Waals surface area contributed by atoms with E-state index in [1.54, 1.807) is 11.4 Å². The van der Waals surface area contributed by atoms with Crippen molar-refractivity contribution in [3.63, 3.8) is 0 Å². The molecule has 1 fully saturated rings. The summed E-state index contributed by atoms with van der Waals surface area (Å²) >= 11 is 1.23. The Balaban J connectivity index is 1.30.